The highest BCUT2D eigenvalue weighted by molar-refractivity contribution is 6.20. The fourth-order valence-electron chi connectivity index (χ4n) is 9.13. The number of nitrogens with zero attached hydrogens (tertiary/aromatic N) is 1. The molecule has 0 saturated carbocycles. The van der Waals surface area contributed by atoms with Gasteiger partial charge in [0.15, 0.2) is 0 Å². The van der Waals surface area contributed by atoms with E-state index in [1.165, 1.54) is 16.3 Å². The first-order valence-corrected chi connectivity index (χ1v) is 20.1. The third-order valence-corrected chi connectivity index (χ3v) is 11.9. The Morgan fingerprint density at radius 1 is 0.288 bits per heavy atom. The zero-order valence-electron chi connectivity index (χ0n) is 32.0. The van der Waals surface area contributed by atoms with Crippen molar-refractivity contribution in [2.45, 2.75) is 0 Å². The zero-order chi connectivity index (χ0) is 38.9. The number of hydrogen-bond acceptors (Lipinski definition) is 3. The number of para-hydroxylation sites is 1. The number of benzene rings is 10. The van der Waals surface area contributed by atoms with E-state index in [0.717, 1.165) is 99.5 Å². The van der Waals surface area contributed by atoms with E-state index in [-0.39, 0.29) is 0 Å². The van der Waals surface area contributed by atoms with E-state index in [0.29, 0.717) is 0 Å². The summed E-state index contributed by atoms with van der Waals surface area (Å²) >= 11 is 0. The molecule has 0 fully saturated rings. The normalized spacial score (nSPS) is 11.7. The van der Waals surface area contributed by atoms with Crippen LogP contribution in [-0.4, -0.2) is 0 Å². The van der Waals surface area contributed by atoms with Crippen molar-refractivity contribution in [1.82, 2.24) is 0 Å². The first-order chi connectivity index (χ1) is 29.3. The number of furan rings is 2. The lowest BCUT2D eigenvalue weighted by Gasteiger charge is -2.28. The molecule has 0 saturated heterocycles. The SMILES string of the molecule is c1ccc(-c2ccccc2N(c2ccc(-c3cccc4oc5c6ccccc6ccc5c34)cc2)c2ccc(-c3cccc4oc5c6ccccc6ccc5c34)cc2)cc1. The summed E-state index contributed by atoms with van der Waals surface area (Å²) in [6.45, 7) is 0. The van der Waals surface area contributed by atoms with Crippen molar-refractivity contribution < 1.29 is 8.83 Å². The molecule has 0 amide bonds. The quantitative estimate of drug-likeness (QED) is 0.169. The van der Waals surface area contributed by atoms with E-state index in [2.05, 4.69) is 217 Å². The summed E-state index contributed by atoms with van der Waals surface area (Å²) in [7, 11) is 0. The van der Waals surface area contributed by atoms with Crippen LogP contribution in [-0.2, 0) is 0 Å². The fraction of sp³-hybridized carbons (Fsp3) is 0. The molecule has 0 atom stereocenters. The van der Waals surface area contributed by atoms with Crippen LogP contribution in [0.25, 0.3) is 98.8 Å². The van der Waals surface area contributed by atoms with Crippen molar-refractivity contribution in [2.75, 3.05) is 4.90 Å². The highest BCUT2D eigenvalue weighted by atomic mass is 16.3. The second-order valence-corrected chi connectivity index (χ2v) is 15.2. The molecule has 0 aliphatic heterocycles. The summed E-state index contributed by atoms with van der Waals surface area (Å²) in [6.07, 6.45) is 0. The molecule has 3 heteroatoms. The molecule has 0 N–H and O–H groups in total. The first kappa shape index (κ1) is 33.3. The van der Waals surface area contributed by atoms with Gasteiger partial charge in [0.1, 0.15) is 22.3 Å². The monoisotopic (exact) mass is 753 g/mol. The smallest absolute Gasteiger partial charge is 0.143 e. The molecule has 12 aromatic rings. The highest BCUT2D eigenvalue weighted by Gasteiger charge is 2.20. The van der Waals surface area contributed by atoms with Gasteiger partial charge in [0, 0.05) is 49.3 Å². The van der Waals surface area contributed by atoms with Gasteiger partial charge in [-0.2, -0.15) is 0 Å². The summed E-state index contributed by atoms with van der Waals surface area (Å²) in [5, 5.41) is 9.14. The molecule has 12 rings (SSSR count). The molecule has 2 aromatic heterocycles. The van der Waals surface area contributed by atoms with Gasteiger partial charge in [-0.05, 0) is 93.2 Å². The van der Waals surface area contributed by atoms with Crippen LogP contribution in [0.5, 0.6) is 0 Å². The maximum absolute atomic E-state index is 6.55. The van der Waals surface area contributed by atoms with Crippen molar-refractivity contribution in [3.8, 4) is 33.4 Å². The fourth-order valence-corrected chi connectivity index (χ4v) is 9.13. The molecule has 10 aromatic carbocycles. The third-order valence-electron chi connectivity index (χ3n) is 11.9. The number of hydrogen-bond donors (Lipinski definition) is 0. The van der Waals surface area contributed by atoms with Gasteiger partial charge in [-0.1, -0.05) is 158 Å². The van der Waals surface area contributed by atoms with E-state index < -0.39 is 0 Å². The maximum Gasteiger partial charge on any atom is 0.143 e. The van der Waals surface area contributed by atoms with Crippen LogP contribution < -0.4 is 4.90 Å². The van der Waals surface area contributed by atoms with Crippen LogP contribution in [0.2, 0.25) is 0 Å². The van der Waals surface area contributed by atoms with Crippen molar-refractivity contribution in [2.24, 2.45) is 0 Å². The van der Waals surface area contributed by atoms with Crippen molar-refractivity contribution in [3.63, 3.8) is 0 Å². The van der Waals surface area contributed by atoms with E-state index in [1.807, 2.05) is 0 Å². The molecule has 0 aliphatic rings. The van der Waals surface area contributed by atoms with Gasteiger partial charge in [0.25, 0.3) is 0 Å². The molecule has 276 valence electrons. The standard InChI is InChI=1S/C56H35NO2/c1-2-12-36(13-3-1)43-16-8-9-21-50(43)57(41-30-24-39(25-31-41)44-19-10-22-51-53(44)48-34-28-37-14-4-6-17-46(37)55(48)58-51)42-32-26-40(27-33-42)45-20-11-23-52-54(45)49-35-29-38-15-5-7-18-47(38)56(49)59-52/h1-35H. The molecule has 0 bridgehead atoms. The molecule has 0 unspecified atom stereocenters. The lowest BCUT2D eigenvalue weighted by molar-refractivity contribution is 0.672. The van der Waals surface area contributed by atoms with E-state index in [4.69, 9.17) is 8.83 Å². The predicted molar refractivity (Wildman–Crippen MR) is 247 cm³/mol. The maximum atomic E-state index is 6.55. The van der Waals surface area contributed by atoms with E-state index >= 15 is 0 Å². The Kier molecular flexibility index (Phi) is 7.54. The number of anilines is 3. The summed E-state index contributed by atoms with van der Waals surface area (Å²) in [5.41, 5.74) is 13.8. The topological polar surface area (TPSA) is 29.5 Å². The summed E-state index contributed by atoms with van der Waals surface area (Å²) < 4.78 is 13.1. The lowest BCUT2D eigenvalue weighted by atomic mass is 9.97. The van der Waals surface area contributed by atoms with Crippen molar-refractivity contribution in [1.29, 1.82) is 0 Å². The van der Waals surface area contributed by atoms with Crippen LogP contribution in [0.15, 0.2) is 221 Å². The average molecular weight is 754 g/mol. The van der Waals surface area contributed by atoms with Gasteiger partial charge < -0.3 is 13.7 Å². The predicted octanol–water partition coefficient (Wildman–Crippen LogP) is 16.3. The van der Waals surface area contributed by atoms with Crippen LogP contribution in [0.4, 0.5) is 17.1 Å². The average Bonchev–Trinajstić information content (AvgIpc) is 3.90. The van der Waals surface area contributed by atoms with E-state index in [9.17, 15) is 0 Å². The van der Waals surface area contributed by atoms with Crippen LogP contribution in [0.1, 0.15) is 0 Å². The lowest BCUT2D eigenvalue weighted by Crippen LogP contribution is -2.11. The van der Waals surface area contributed by atoms with Crippen molar-refractivity contribution in [3.05, 3.63) is 212 Å². The Morgan fingerprint density at radius 2 is 0.729 bits per heavy atom. The largest absolute Gasteiger partial charge is 0.455 e. The van der Waals surface area contributed by atoms with Gasteiger partial charge in [-0.25, -0.2) is 0 Å². The van der Waals surface area contributed by atoms with Gasteiger partial charge in [0.05, 0.1) is 5.69 Å². The molecule has 0 radical (unpaired) electrons. The Labute approximate surface area is 340 Å². The minimum Gasteiger partial charge on any atom is -0.455 e. The Morgan fingerprint density at radius 3 is 1.27 bits per heavy atom. The van der Waals surface area contributed by atoms with Crippen LogP contribution >= 0.6 is 0 Å². The molecule has 59 heavy (non-hydrogen) atoms. The summed E-state index contributed by atoms with van der Waals surface area (Å²) in [5.74, 6) is 0. The van der Waals surface area contributed by atoms with E-state index in [1.54, 1.807) is 0 Å². The minimum atomic E-state index is 0.892. The number of rotatable bonds is 6. The second-order valence-electron chi connectivity index (χ2n) is 15.2. The second kappa shape index (κ2) is 13.4. The molecule has 3 nitrogen and oxygen atoms in total. The van der Waals surface area contributed by atoms with Gasteiger partial charge in [-0.3, -0.25) is 0 Å². The number of fused-ring (bicyclic) bond motifs is 10. The van der Waals surface area contributed by atoms with Crippen LogP contribution in [0.3, 0.4) is 0 Å². The summed E-state index contributed by atoms with van der Waals surface area (Å²) in [6, 6.07) is 75.6. The molecular weight excluding hydrogens is 719 g/mol. The van der Waals surface area contributed by atoms with Gasteiger partial charge >= 0.3 is 0 Å². The molecule has 2 heterocycles. The zero-order valence-corrected chi connectivity index (χ0v) is 32.0. The third kappa shape index (κ3) is 5.36. The molecule has 0 spiro atoms. The summed E-state index contributed by atoms with van der Waals surface area (Å²) in [4.78, 5) is 2.37. The van der Waals surface area contributed by atoms with Gasteiger partial charge in [-0.15, -0.1) is 0 Å². The minimum absolute atomic E-state index is 0.892. The first-order valence-electron chi connectivity index (χ1n) is 20.1. The Bertz CT molecular complexity index is 3340. The van der Waals surface area contributed by atoms with Crippen molar-refractivity contribution >= 4 is 82.5 Å². The Balaban J connectivity index is 0.989. The molecule has 0 aliphatic carbocycles. The highest BCUT2D eigenvalue weighted by Crippen LogP contribution is 2.45. The van der Waals surface area contributed by atoms with Crippen LogP contribution in [0, 0.1) is 0 Å². The van der Waals surface area contributed by atoms with Gasteiger partial charge in [0.2, 0.25) is 0 Å². The Hall–Kier alpha value is -7.88. The molecular formula is C56H35NO2.